The van der Waals surface area contributed by atoms with E-state index in [9.17, 15) is 4.79 Å². The summed E-state index contributed by atoms with van der Waals surface area (Å²) in [6.45, 7) is 4.59. The molecule has 4 heteroatoms. The van der Waals surface area contributed by atoms with Crippen molar-refractivity contribution in [1.29, 1.82) is 0 Å². The lowest BCUT2D eigenvalue weighted by molar-refractivity contribution is 0.0945. The van der Waals surface area contributed by atoms with E-state index < -0.39 is 0 Å². The molecule has 0 aliphatic rings. The lowest BCUT2D eigenvalue weighted by atomic mass is 10.1. The zero-order valence-electron chi connectivity index (χ0n) is 10.4. The maximum absolute atomic E-state index is 11.8. The molecule has 0 aliphatic carbocycles. The quantitative estimate of drug-likeness (QED) is 0.675. The first-order chi connectivity index (χ1) is 8.04. The Morgan fingerprint density at radius 1 is 1.53 bits per heavy atom. The van der Waals surface area contributed by atoms with Gasteiger partial charge in [-0.2, -0.15) is 0 Å². The van der Waals surface area contributed by atoms with Crippen LogP contribution >= 0.6 is 0 Å². The average Bonchev–Trinajstić information content (AvgIpc) is 2.30. The van der Waals surface area contributed by atoms with Crippen LogP contribution in [0.25, 0.3) is 0 Å². The van der Waals surface area contributed by atoms with Crippen molar-refractivity contribution < 1.29 is 9.90 Å². The number of hydrogen-bond donors (Lipinski definition) is 3. The molecule has 1 unspecified atom stereocenters. The molecule has 94 valence electrons. The fourth-order valence-corrected chi connectivity index (χ4v) is 1.51. The van der Waals surface area contributed by atoms with Crippen molar-refractivity contribution in [1.82, 2.24) is 5.32 Å². The number of nitrogens with one attached hydrogen (secondary N) is 1. The number of aliphatic hydroxyl groups is 1. The molecule has 1 amide bonds. The van der Waals surface area contributed by atoms with Crippen molar-refractivity contribution in [2.75, 3.05) is 18.9 Å². The molecule has 1 rings (SSSR count). The fraction of sp³-hybridized carbons (Fsp3) is 0.462. The van der Waals surface area contributed by atoms with Gasteiger partial charge in [-0.25, -0.2) is 0 Å². The van der Waals surface area contributed by atoms with Crippen molar-refractivity contribution in [3.8, 4) is 0 Å². The standard InChI is InChI=1S/C13H20N2O2/c1-9(5-6-16)8-15-13(17)11-3-4-12(14)10(2)7-11/h3-4,7,9,16H,5-6,8,14H2,1-2H3,(H,15,17). The zero-order chi connectivity index (χ0) is 12.8. The number of rotatable bonds is 5. The van der Waals surface area contributed by atoms with Crippen LogP contribution in [0.3, 0.4) is 0 Å². The molecule has 0 bridgehead atoms. The van der Waals surface area contributed by atoms with Crippen molar-refractivity contribution in [2.24, 2.45) is 5.92 Å². The Balaban J connectivity index is 2.55. The molecule has 1 aromatic rings. The molecule has 4 nitrogen and oxygen atoms in total. The predicted octanol–water partition coefficient (Wildman–Crippen LogP) is 1.33. The third-order valence-electron chi connectivity index (χ3n) is 2.76. The summed E-state index contributed by atoms with van der Waals surface area (Å²) in [6.07, 6.45) is 0.695. The highest BCUT2D eigenvalue weighted by atomic mass is 16.3. The van der Waals surface area contributed by atoms with Gasteiger partial charge in [-0.1, -0.05) is 6.92 Å². The molecule has 0 fully saturated rings. The van der Waals surface area contributed by atoms with Gasteiger partial charge in [0, 0.05) is 24.4 Å². The second kappa shape index (κ2) is 6.25. The van der Waals surface area contributed by atoms with Crippen LogP contribution in [0.2, 0.25) is 0 Å². The minimum atomic E-state index is -0.0992. The fourth-order valence-electron chi connectivity index (χ4n) is 1.51. The van der Waals surface area contributed by atoms with Crippen LogP contribution in [-0.4, -0.2) is 24.2 Å². The highest BCUT2D eigenvalue weighted by Crippen LogP contribution is 2.12. The predicted molar refractivity (Wildman–Crippen MR) is 68.8 cm³/mol. The number of aliphatic hydroxyl groups excluding tert-OH is 1. The Kier molecular flexibility index (Phi) is 4.97. The Bertz CT molecular complexity index is 391. The van der Waals surface area contributed by atoms with Gasteiger partial charge in [0.2, 0.25) is 0 Å². The second-order valence-corrected chi connectivity index (χ2v) is 4.40. The molecule has 0 spiro atoms. The first-order valence-electron chi connectivity index (χ1n) is 5.79. The van der Waals surface area contributed by atoms with E-state index in [1.807, 2.05) is 13.8 Å². The topological polar surface area (TPSA) is 75.3 Å². The summed E-state index contributed by atoms with van der Waals surface area (Å²) in [4.78, 5) is 11.8. The largest absolute Gasteiger partial charge is 0.399 e. The molecule has 1 aromatic carbocycles. The van der Waals surface area contributed by atoms with Gasteiger partial charge < -0.3 is 16.2 Å². The lowest BCUT2D eigenvalue weighted by Crippen LogP contribution is -2.28. The van der Waals surface area contributed by atoms with Crippen molar-refractivity contribution >= 4 is 11.6 Å². The minimum absolute atomic E-state index is 0.0992. The Hall–Kier alpha value is -1.55. The minimum Gasteiger partial charge on any atom is -0.399 e. The summed E-state index contributed by atoms with van der Waals surface area (Å²) >= 11 is 0. The van der Waals surface area contributed by atoms with E-state index in [0.717, 1.165) is 5.56 Å². The molecule has 17 heavy (non-hydrogen) atoms. The number of amides is 1. The van der Waals surface area contributed by atoms with Gasteiger partial charge in [-0.05, 0) is 43.0 Å². The zero-order valence-corrected chi connectivity index (χ0v) is 10.4. The normalized spacial score (nSPS) is 12.2. The first-order valence-corrected chi connectivity index (χ1v) is 5.79. The molecular formula is C13H20N2O2. The van der Waals surface area contributed by atoms with Crippen molar-refractivity contribution in [3.63, 3.8) is 0 Å². The number of anilines is 1. The van der Waals surface area contributed by atoms with Gasteiger partial charge in [-0.3, -0.25) is 4.79 Å². The Morgan fingerprint density at radius 2 is 2.24 bits per heavy atom. The van der Waals surface area contributed by atoms with Crippen LogP contribution < -0.4 is 11.1 Å². The molecule has 0 heterocycles. The summed E-state index contributed by atoms with van der Waals surface area (Å²) in [6, 6.07) is 5.23. The van der Waals surface area contributed by atoms with E-state index in [2.05, 4.69) is 5.32 Å². The van der Waals surface area contributed by atoms with Crippen LogP contribution in [0.15, 0.2) is 18.2 Å². The lowest BCUT2D eigenvalue weighted by Gasteiger charge is -2.11. The van der Waals surface area contributed by atoms with E-state index in [4.69, 9.17) is 10.8 Å². The van der Waals surface area contributed by atoms with Gasteiger partial charge in [0.15, 0.2) is 0 Å². The van der Waals surface area contributed by atoms with Crippen molar-refractivity contribution in [3.05, 3.63) is 29.3 Å². The summed E-state index contributed by atoms with van der Waals surface area (Å²) in [5.74, 6) is 0.178. The number of carbonyl (C=O) groups excluding carboxylic acids is 1. The highest BCUT2D eigenvalue weighted by Gasteiger charge is 2.08. The SMILES string of the molecule is Cc1cc(C(=O)NCC(C)CCO)ccc1N. The Morgan fingerprint density at radius 3 is 2.82 bits per heavy atom. The number of carbonyl (C=O) groups is 1. The number of nitrogen functional groups attached to an aromatic ring is 1. The van der Waals surface area contributed by atoms with Crippen LogP contribution in [-0.2, 0) is 0 Å². The average molecular weight is 236 g/mol. The second-order valence-electron chi connectivity index (χ2n) is 4.40. The van der Waals surface area contributed by atoms with Crippen LogP contribution in [0.5, 0.6) is 0 Å². The number of benzene rings is 1. The van der Waals surface area contributed by atoms with E-state index >= 15 is 0 Å². The Labute approximate surface area is 102 Å². The van der Waals surface area contributed by atoms with E-state index in [0.29, 0.717) is 24.2 Å². The van der Waals surface area contributed by atoms with Gasteiger partial charge in [-0.15, -0.1) is 0 Å². The van der Waals surface area contributed by atoms with Crippen molar-refractivity contribution in [2.45, 2.75) is 20.3 Å². The molecule has 4 N–H and O–H groups in total. The molecule has 0 saturated carbocycles. The van der Waals surface area contributed by atoms with Crippen LogP contribution in [0.1, 0.15) is 29.3 Å². The molecule has 0 radical (unpaired) electrons. The van der Waals surface area contributed by atoms with Crippen LogP contribution in [0, 0.1) is 12.8 Å². The van der Waals surface area contributed by atoms with Gasteiger partial charge >= 0.3 is 0 Å². The summed E-state index contributed by atoms with van der Waals surface area (Å²) in [7, 11) is 0. The molecule has 0 aliphatic heterocycles. The maximum atomic E-state index is 11.8. The molecule has 1 atom stereocenters. The monoisotopic (exact) mass is 236 g/mol. The number of aryl methyl sites for hydroxylation is 1. The van der Waals surface area contributed by atoms with E-state index in [-0.39, 0.29) is 18.4 Å². The highest BCUT2D eigenvalue weighted by molar-refractivity contribution is 5.94. The summed E-state index contributed by atoms with van der Waals surface area (Å²) in [5, 5.41) is 11.6. The number of nitrogens with two attached hydrogens (primary N) is 1. The van der Waals surface area contributed by atoms with E-state index in [1.165, 1.54) is 0 Å². The van der Waals surface area contributed by atoms with Crippen LogP contribution in [0.4, 0.5) is 5.69 Å². The molecular weight excluding hydrogens is 216 g/mol. The summed E-state index contributed by atoms with van der Waals surface area (Å²) < 4.78 is 0. The smallest absolute Gasteiger partial charge is 0.251 e. The first kappa shape index (κ1) is 13.5. The molecule has 0 saturated heterocycles. The van der Waals surface area contributed by atoms with Gasteiger partial charge in [0.05, 0.1) is 0 Å². The van der Waals surface area contributed by atoms with Gasteiger partial charge in [0.1, 0.15) is 0 Å². The third-order valence-corrected chi connectivity index (χ3v) is 2.76. The third kappa shape index (κ3) is 4.07. The maximum Gasteiger partial charge on any atom is 0.251 e. The molecule has 0 aromatic heterocycles. The summed E-state index contributed by atoms with van der Waals surface area (Å²) in [5.41, 5.74) is 7.90. The van der Waals surface area contributed by atoms with E-state index in [1.54, 1.807) is 18.2 Å². The number of hydrogen-bond acceptors (Lipinski definition) is 3. The van der Waals surface area contributed by atoms with Gasteiger partial charge in [0.25, 0.3) is 5.91 Å².